The number of thioether (sulfide) groups is 1. The van der Waals surface area contributed by atoms with Gasteiger partial charge in [0.2, 0.25) is 0 Å². The zero-order valence-corrected chi connectivity index (χ0v) is 11.2. The number of carbonyl (C=O) groups excluding carboxylic acids is 1. The average Bonchev–Trinajstić information content (AvgIpc) is 2.24. The maximum atomic E-state index is 11.0. The molecule has 1 atom stereocenters. The fourth-order valence-corrected chi connectivity index (χ4v) is 2.38. The van der Waals surface area contributed by atoms with Gasteiger partial charge >= 0.3 is 5.97 Å². The van der Waals surface area contributed by atoms with Crippen LogP contribution in [0.5, 0.6) is 0 Å². The fraction of sp³-hybridized carbons (Fsp3) is 0.917. The first-order valence-electron chi connectivity index (χ1n) is 6.08. The van der Waals surface area contributed by atoms with Crippen LogP contribution in [-0.4, -0.2) is 35.3 Å². The molecule has 0 aliphatic heterocycles. The Morgan fingerprint density at radius 3 is 2.75 bits per heavy atom. The Kier molecular flexibility index (Phi) is 11.1. The van der Waals surface area contributed by atoms with Crippen LogP contribution in [-0.2, 0) is 9.53 Å². The fourth-order valence-electron chi connectivity index (χ4n) is 1.33. The molecule has 96 valence electrons. The van der Waals surface area contributed by atoms with E-state index in [1.54, 1.807) is 0 Å². The third-order valence-corrected chi connectivity index (χ3v) is 3.60. The number of ether oxygens (including phenoxy) is 1. The molecule has 0 bridgehead atoms. The van der Waals surface area contributed by atoms with Gasteiger partial charge in [0, 0.05) is 18.3 Å². The number of unbranched alkanes of at least 4 members (excludes halogenated alkanes) is 2. The number of rotatable bonds is 10. The maximum absolute atomic E-state index is 11.0. The van der Waals surface area contributed by atoms with Gasteiger partial charge in [-0.3, -0.25) is 4.79 Å². The Labute approximate surface area is 103 Å². The second-order valence-electron chi connectivity index (χ2n) is 3.81. The summed E-state index contributed by atoms with van der Waals surface area (Å²) in [6.45, 7) is 4.72. The highest BCUT2D eigenvalue weighted by atomic mass is 32.2. The summed E-state index contributed by atoms with van der Waals surface area (Å²) in [4.78, 5) is 11.0. The molecule has 0 heterocycles. The van der Waals surface area contributed by atoms with Crippen LogP contribution in [0.25, 0.3) is 0 Å². The van der Waals surface area contributed by atoms with Gasteiger partial charge in [-0.25, -0.2) is 0 Å². The molecule has 3 nitrogen and oxygen atoms in total. The Balaban J connectivity index is 3.18. The highest BCUT2D eigenvalue weighted by Gasteiger charge is 2.02. The molecule has 0 rings (SSSR count). The Hall–Kier alpha value is -0.220. The van der Waals surface area contributed by atoms with Crippen molar-refractivity contribution >= 4 is 17.7 Å². The molecular formula is C12H24O3S. The summed E-state index contributed by atoms with van der Waals surface area (Å²) in [6.07, 6.45) is 4.56. The van der Waals surface area contributed by atoms with E-state index in [0.717, 1.165) is 31.4 Å². The number of esters is 1. The van der Waals surface area contributed by atoms with Crippen molar-refractivity contribution in [2.45, 2.75) is 51.2 Å². The van der Waals surface area contributed by atoms with Gasteiger partial charge in [-0.2, -0.15) is 11.8 Å². The monoisotopic (exact) mass is 248 g/mol. The summed E-state index contributed by atoms with van der Waals surface area (Å²) in [6, 6.07) is 0. The van der Waals surface area contributed by atoms with Gasteiger partial charge in [0.15, 0.2) is 0 Å². The molecule has 0 aromatic carbocycles. The van der Waals surface area contributed by atoms with Crippen LogP contribution >= 0.6 is 11.8 Å². The number of carbonyl (C=O) groups is 1. The SMILES string of the molecule is CCOC(=O)CCCCCSC(C)CCO. The molecular weight excluding hydrogens is 224 g/mol. The van der Waals surface area contributed by atoms with E-state index in [0.29, 0.717) is 18.3 Å². The predicted octanol–water partition coefficient (Wildman–Crippen LogP) is 2.61. The summed E-state index contributed by atoms with van der Waals surface area (Å²) >= 11 is 1.89. The lowest BCUT2D eigenvalue weighted by Crippen LogP contribution is -2.03. The third-order valence-electron chi connectivity index (χ3n) is 2.27. The molecule has 0 saturated heterocycles. The van der Waals surface area contributed by atoms with Crippen LogP contribution in [0.2, 0.25) is 0 Å². The van der Waals surface area contributed by atoms with Gasteiger partial charge in [0.25, 0.3) is 0 Å². The van der Waals surface area contributed by atoms with E-state index in [-0.39, 0.29) is 12.6 Å². The van der Waals surface area contributed by atoms with Crippen molar-refractivity contribution in [3.8, 4) is 0 Å². The topological polar surface area (TPSA) is 46.5 Å². The van der Waals surface area contributed by atoms with Gasteiger partial charge in [0.1, 0.15) is 0 Å². The zero-order chi connectivity index (χ0) is 12.2. The van der Waals surface area contributed by atoms with Crippen LogP contribution in [0.4, 0.5) is 0 Å². The van der Waals surface area contributed by atoms with Crippen LogP contribution in [0.1, 0.15) is 46.0 Å². The molecule has 0 saturated carbocycles. The van der Waals surface area contributed by atoms with Crippen LogP contribution in [0.15, 0.2) is 0 Å². The molecule has 16 heavy (non-hydrogen) atoms. The smallest absolute Gasteiger partial charge is 0.305 e. The van der Waals surface area contributed by atoms with E-state index in [9.17, 15) is 4.79 Å². The van der Waals surface area contributed by atoms with Crippen molar-refractivity contribution in [2.24, 2.45) is 0 Å². The first-order chi connectivity index (χ1) is 7.70. The molecule has 0 aromatic heterocycles. The molecule has 0 amide bonds. The minimum Gasteiger partial charge on any atom is -0.466 e. The van der Waals surface area contributed by atoms with Crippen molar-refractivity contribution in [3.63, 3.8) is 0 Å². The molecule has 0 fully saturated rings. The zero-order valence-electron chi connectivity index (χ0n) is 10.4. The lowest BCUT2D eigenvalue weighted by Gasteiger charge is -2.08. The normalized spacial score (nSPS) is 12.4. The molecule has 0 aliphatic carbocycles. The van der Waals surface area contributed by atoms with Gasteiger partial charge in [-0.05, 0) is 31.9 Å². The van der Waals surface area contributed by atoms with Crippen LogP contribution in [0, 0.1) is 0 Å². The molecule has 4 heteroatoms. The average molecular weight is 248 g/mol. The second kappa shape index (κ2) is 11.3. The maximum Gasteiger partial charge on any atom is 0.305 e. The van der Waals surface area contributed by atoms with Crippen LogP contribution < -0.4 is 0 Å². The molecule has 1 N–H and O–H groups in total. The number of hydrogen-bond donors (Lipinski definition) is 1. The Bertz CT molecular complexity index is 174. The van der Waals surface area contributed by atoms with Gasteiger partial charge in [-0.1, -0.05) is 13.3 Å². The van der Waals surface area contributed by atoms with Crippen molar-refractivity contribution < 1.29 is 14.6 Å². The molecule has 1 unspecified atom stereocenters. The van der Waals surface area contributed by atoms with Crippen molar-refractivity contribution in [3.05, 3.63) is 0 Å². The highest BCUT2D eigenvalue weighted by Crippen LogP contribution is 2.16. The van der Waals surface area contributed by atoms with E-state index < -0.39 is 0 Å². The standard InChI is InChI=1S/C12H24O3S/c1-3-15-12(14)7-5-4-6-10-16-11(2)8-9-13/h11,13H,3-10H2,1-2H3. The van der Waals surface area contributed by atoms with E-state index in [1.807, 2.05) is 18.7 Å². The predicted molar refractivity (Wildman–Crippen MR) is 68.7 cm³/mol. The molecule has 0 aromatic rings. The molecule has 0 spiro atoms. The number of hydrogen-bond acceptors (Lipinski definition) is 4. The van der Waals surface area contributed by atoms with Crippen molar-refractivity contribution in [2.75, 3.05) is 19.0 Å². The number of aliphatic hydroxyl groups is 1. The summed E-state index contributed by atoms with van der Waals surface area (Å²) in [7, 11) is 0. The molecule has 0 radical (unpaired) electrons. The van der Waals surface area contributed by atoms with Gasteiger partial charge in [0.05, 0.1) is 6.61 Å². The summed E-state index contributed by atoms with van der Waals surface area (Å²) in [5.74, 6) is 1.04. The van der Waals surface area contributed by atoms with Crippen molar-refractivity contribution in [1.82, 2.24) is 0 Å². The Morgan fingerprint density at radius 1 is 1.38 bits per heavy atom. The van der Waals surface area contributed by atoms with E-state index in [4.69, 9.17) is 9.84 Å². The molecule has 0 aliphatic rings. The van der Waals surface area contributed by atoms with E-state index in [1.165, 1.54) is 0 Å². The van der Waals surface area contributed by atoms with Gasteiger partial charge in [-0.15, -0.1) is 0 Å². The minimum absolute atomic E-state index is 0.0798. The highest BCUT2D eigenvalue weighted by molar-refractivity contribution is 7.99. The first-order valence-corrected chi connectivity index (χ1v) is 7.13. The van der Waals surface area contributed by atoms with Gasteiger partial charge < -0.3 is 9.84 Å². The second-order valence-corrected chi connectivity index (χ2v) is 5.36. The minimum atomic E-state index is -0.0798. The summed E-state index contributed by atoms with van der Waals surface area (Å²) in [5.41, 5.74) is 0. The summed E-state index contributed by atoms with van der Waals surface area (Å²) in [5, 5.41) is 9.26. The van der Waals surface area contributed by atoms with Crippen molar-refractivity contribution in [1.29, 1.82) is 0 Å². The lowest BCUT2D eigenvalue weighted by molar-refractivity contribution is -0.143. The Morgan fingerprint density at radius 2 is 2.12 bits per heavy atom. The quantitative estimate of drug-likeness (QED) is 0.477. The largest absolute Gasteiger partial charge is 0.466 e. The third kappa shape index (κ3) is 10.3. The lowest BCUT2D eigenvalue weighted by atomic mass is 10.2. The first kappa shape index (κ1) is 15.8. The van der Waals surface area contributed by atoms with E-state index in [2.05, 4.69) is 6.92 Å². The number of aliphatic hydroxyl groups excluding tert-OH is 1. The van der Waals surface area contributed by atoms with Crippen LogP contribution in [0.3, 0.4) is 0 Å². The summed E-state index contributed by atoms with van der Waals surface area (Å²) < 4.78 is 4.85. The van der Waals surface area contributed by atoms with E-state index >= 15 is 0 Å².